The fourth-order valence-electron chi connectivity index (χ4n) is 2.08. The molecule has 0 saturated heterocycles. The molecule has 0 saturated carbocycles. The van der Waals surface area contributed by atoms with E-state index < -0.39 is 0 Å². The molecule has 0 spiro atoms. The van der Waals surface area contributed by atoms with Crippen molar-refractivity contribution in [3.63, 3.8) is 0 Å². The number of ether oxygens (including phenoxy) is 1. The summed E-state index contributed by atoms with van der Waals surface area (Å²) in [5.74, 6) is 1.54. The van der Waals surface area contributed by atoms with Gasteiger partial charge in [0.15, 0.2) is 5.82 Å². The van der Waals surface area contributed by atoms with Crippen LogP contribution in [-0.4, -0.2) is 35.2 Å². The number of anilines is 1. The first kappa shape index (κ1) is 16.4. The van der Waals surface area contributed by atoms with Gasteiger partial charge in [-0.15, -0.1) is 0 Å². The molecule has 118 valence electrons. The highest BCUT2D eigenvalue weighted by atomic mass is 16.5. The zero-order chi connectivity index (χ0) is 16.0. The molecule has 2 heterocycles. The number of nitrogens with zero attached hydrogens (tertiary/aromatic N) is 3. The van der Waals surface area contributed by atoms with Gasteiger partial charge in [-0.1, -0.05) is 13.8 Å². The standard InChI is InChI=1S/C17H24N4O/c1-13-10-15(19-12-17(2,3)7-9-22-4)21-16(20-13)14-6-5-8-18-11-14/h5-6,8,10-11H,7,9,12H2,1-4H3,(H,19,20,21). The number of hydrogen-bond acceptors (Lipinski definition) is 5. The maximum Gasteiger partial charge on any atom is 0.163 e. The summed E-state index contributed by atoms with van der Waals surface area (Å²) in [5.41, 5.74) is 2.00. The molecule has 0 aliphatic heterocycles. The van der Waals surface area contributed by atoms with Crippen molar-refractivity contribution in [2.24, 2.45) is 5.41 Å². The van der Waals surface area contributed by atoms with Crippen LogP contribution in [0.3, 0.4) is 0 Å². The maximum absolute atomic E-state index is 5.17. The molecule has 0 aromatic carbocycles. The van der Waals surface area contributed by atoms with Gasteiger partial charge in [-0.3, -0.25) is 4.98 Å². The van der Waals surface area contributed by atoms with Crippen LogP contribution >= 0.6 is 0 Å². The second kappa shape index (κ2) is 7.31. The van der Waals surface area contributed by atoms with E-state index >= 15 is 0 Å². The Balaban J connectivity index is 2.10. The lowest BCUT2D eigenvalue weighted by atomic mass is 9.90. The Bertz CT molecular complexity index is 599. The maximum atomic E-state index is 5.17. The van der Waals surface area contributed by atoms with Crippen LogP contribution in [0.1, 0.15) is 26.0 Å². The molecule has 0 atom stereocenters. The van der Waals surface area contributed by atoms with Crippen LogP contribution in [0.4, 0.5) is 5.82 Å². The van der Waals surface area contributed by atoms with Gasteiger partial charge in [-0.05, 0) is 30.9 Å². The number of rotatable bonds is 7. The summed E-state index contributed by atoms with van der Waals surface area (Å²) in [6.07, 6.45) is 4.52. The zero-order valence-corrected chi connectivity index (χ0v) is 13.8. The van der Waals surface area contributed by atoms with E-state index in [0.717, 1.165) is 36.6 Å². The highest BCUT2D eigenvalue weighted by Crippen LogP contribution is 2.22. The first-order valence-corrected chi connectivity index (χ1v) is 7.49. The molecule has 0 amide bonds. The topological polar surface area (TPSA) is 59.9 Å². The summed E-state index contributed by atoms with van der Waals surface area (Å²) in [7, 11) is 1.73. The van der Waals surface area contributed by atoms with Crippen molar-refractivity contribution < 1.29 is 4.74 Å². The molecule has 5 nitrogen and oxygen atoms in total. The van der Waals surface area contributed by atoms with Gasteiger partial charge in [0.2, 0.25) is 0 Å². The molecule has 0 unspecified atom stereocenters. The van der Waals surface area contributed by atoms with E-state index in [-0.39, 0.29) is 5.41 Å². The van der Waals surface area contributed by atoms with E-state index in [1.807, 2.05) is 25.1 Å². The van der Waals surface area contributed by atoms with Gasteiger partial charge >= 0.3 is 0 Å². The first-order valence-electron chi connectivity index (χ1n) is 7.49. The third kappa shape index (κ3) is 4.77. The van der Waals surface area contributed by atoms with Gasteiger partial charge in [-0.2, -0.15) is 0 Å². The smallest absolute Gasteiger partial charge is 0.163 e. The third-order valence-electron chi connectivity index (χ3n) is 3.50. The second-order valence-corrected chi connectivity index (χ2v) is 6.22. The highest BCUT2D eigenvalue weighted by molar-refractivity contribution is 5.56. The Kier molecular flexibility index (Phi) is 5.44. The quantitative estimate of drug-likeness (QED) is 0.850. The van der Waals surface area contributed by atoms with Crippen LogP contribution in [0.5, 0.6) is 0 Å². The fourth-order valence-corrected chi connectivity index (χ4v) is 2.08. The molecule has 2 aromatic heterocycles. The summed E-state index contributed by atoms with van der Waals surface area (Å²) in [5, 5.41) is 3.42. The average Bonchev–Trinajstić information content (AvgIpc) is 2.52. The molecular formula is C17H24N4O. The third-order valence-corrected chi connectivity index (χ3v) is 3.50. The Morgan fingerprint density at radius 2 is 2.09 bits per heavy atom. The molecule has 0 radical (unpaired) electrons. The SMILES string of the molecule is COCCC(C)(C)CNc1cc(C)nc(-c2cccnc2)n1. The summed E-state index contributed by atoms with van der Waals surface area (Å²) in [6.45, 7) is 8.00. The first-order chi connectivity index (χ1) is 10.5. The largest absolute Gasteiger partial charge is 0.385 e. The van der Waals surface area contributed by atoms with Crippen LogP contribution < -0.4 is 5.32 Å². The lowest BCUT2D eigenvalue weighted by Gasteiger charge is -2.25. The van der Waals surface area contributed by atoms with E-state index in [2.05, 4.69) is 34.1 Å². The molecule has 0 aliphatic rings. The van der Waals surface area contributed by atoms with Crippen molar-refractivity contribution in [3.8, 4) is 11.4 Å². The molecule has 0 fully saturated rings. The van der Waals surface area contributed by atoms with Crippen molar-refractivity contribution in [3.05, 3.63) is 36.3 Å². The summed E-state index contributed by atoms with van der Waals surface area (Å²) in [6, 6.07) is 5.82. The molecule has 2 aromatic rings. The van der Waals surface area contributed by atoms with Gasteiger partial charge in [0.1, 0.15) is 5.82 Å². The van der Waals surface area contributed by atoms with Crippen LogP contribution in [0.2, 0.25) is 0 Å². The number of aromatic nitrogens is 3. The number of nitrogens with one attached hydrogen (secondary N) is 1. The predicted octanol–water partition coefficient (Wildman–Crippen LogP) is 3.32. The lowest BCUT2D eigenvalue weighted by molar-refractivity contribution is 0.157. The van der Waals surface area contributed by atoms with Crippen molar-refractivity contribution >= 4 is 5.82 Å². The van der Waals surface area contributed by atoms with Gasteiger partial charge in [-0.25, -0.2) is 9.97 Å². The molecule has 1 N–H and O–H groups in total. The normalized spacial score (nSPS) is 11.5. The van der Waals surface area contributed by atoms with Gasteiger partial charge in [0.05, 0.1) is 0 Å². The Hall–Kier alpha value is -2.01. The monoisotopic (exact) mass is 300 g/mol. The molecule has 2 rings (SSSR count). The van der Waals surface area contributed by atoms with E-state index in [1.54, 1.807) is 19.5 Å². The van der Waals surface area contributed by atoms with Crippen molar-refractivity contribution in [1.82, 2.24) is 15.0 Å². The molecule has 0 bridgehead atoms. The molecule has 0 aliphatic carbocycles. The van der Waals surface area contributed by atoms with Crippen LogP contribution in [0.25, 0.3) is 11.4 Å². The molecule has 22 heavy (non-hydrogen) atoms. The lowest BCUT2D eigenvalue weighted by Crippen LogP contribution is -2.25. The number of hydrogen-bond donors (Lipinski definition) is 1. The molecule has 5 heteroatoms. The summed E-state index contributed by atoms with van der Waals surface area (Å²) >= 11 is 0. The minimum atomic E-state index is 0.142. The van der Waals surface area contributed by atoms with E-state index in [4.69, 9.17) is 4.74 Å². The Morgan fingerprint density at radius 3 is 2.77 bits per heavy atom. The summed E-state index contributed by atoms with van der Waals surface area (Å²) < 4.78 is 5.17. The van der Waals surface area contributed by atoms with Crippen molar-refractivity contribution in [1.29, 1.82) is 0 Å². The number of methoxy groups -OCH3 is 1. The van der Waals surface area contributed by atoms with Gasteiger partial charge < -0.3 is 10.1 Å². The van der Waals surface area contributed by atoms with Crippen LogP contribution in [-0.2, 0) is 4.74 Å². The fraction of sp³-hybridized carbons (Fsp3) is 0.471. The molecular weight excluding hydrogens is 276 g/mol. The zero-order valence-electron chi connectivity index (χ0n) is 13.8. The number of aryl methyl sites for hydroxylation is 1. The van der Waals surface area contributed by atoms with E-state index in [1.165, 1.54) is 0 Å². The van der Waals surface area contributed by atoms with Crippen LogP contribution in [0.15, 0.2) is 30.6 Å². The predicted molar refractivity (Wildman–Crippen MR) is 88.8 cm³/mol. The number of pyridine rings is 1. The van der Waals surface area contributed by atoms with Gasteiger partial charge in [0.25, 0.3) is 0 Å². The van der Waals surface area contributed by atoms with Crippen molar-refractivity contribution in [2.45, 2.75) is 27.2 Å². The van der Waals surface area contributed by atoms with E-state index in [0.29, 0.717) is 5.82 Å². The summed E-state index contributed by atoms with van der Waals surface area (Å²) in [4.78, 5) is 13.2. The van der Waals surface area contributed by atoms with Crippen LogP contribution in [0, 0.1) is 12.3 Å². The minimum absolute atomic E-state index is 0.142. The van der Waals surface area contributed by atoms with Crippen molar-refractivity contribution in [2.75, 3.05) is 25.6 Å². The Labute approximate surface area is 132 Å². The van der Waals surface area contributed by atoms with Gasteiger partial charge in [0, 0.05) is 50.0 Å². The van der Waals surface area contributed by atoms with E-state index in [9.17, 15) is 0 Å². The average molecular weight is 300 g/mol. The minimum Gasteiger partial charge on any atom is -0.385 e. The highest BCUT2D eigenvalue weighted by Gasteiger charge is 2.17. The Morgan fingerprint density at radius 1 is 1.27 bits per heavy atom. The second-order valence-electron chi connectivity index (χ2n) is 6.22.